The molecule has 126 valence electrons. The number of nitrogens with one attached hydrogen (secondary N) is 1. The van der Waals surface area contributed by atoms with Gasteiger partial charge in [0.25, 0.3) is 0 Å². The molecule has 1 fully saturated rings. The Kier molecular flexibility index (Phi) is 5.41. The van der Waals surface area contributed by atoms with Crippen molar-refractivity contribution in [3.8, 4) is 0 Å². The molecule has 1 N–H and O–H groups in total. The predicted octanol–water partition coefficient (Wildman–Crippen LogP) is 3.99. The summed E-state index contributed by atoms with van der Waals surface area (Å²) in [4.78, 5) is 24.2. The van der Waals surface area contributed by atoms with E-state index in [4.69, 9.17) is 0 Å². The number of carbonyl (C=O) groups is 2. The van der Waals surface area contributed by atoms with Gasteiger partial charge in [0.2, 0.25) is 5.91 Å². The summed E-state index contributed by atoms with van der Waals surface area (Å²) < 4.78 is 1.93. The Morgan fingerprint density at radius 1 is 1.04 bits per heavy atom. The van der Waals surface area contributed by atoms with Crippen LogP contribution >= 0.6 is 0 Å². The summed E-state index contributed by atoms with van der Waals surface area (Å²) in [6.07, 6.45) is 8.04. The van der Waals surface area contributed by atoms with E-state index in [1.807, 2.05) is 28.9 Å². The van der Waals surface area contributed by atoms with Crippen molar-refractivity contribution in [3.63, 3.8) is 0 Å². The number of benzene rings is 1. The van der Waals surface area contributed by atoms with Gasteiger partial charge in [-0.3, -0.25) is 9.59 Å². The van der Waals surface area contributed by atoms with Crippen molar-refractivity contribution in [2.75, 3.05) is 5.32 Å². The Hall–Kier alpha value is -2.43. The van der Waals surface area contributed by atoms with Gasteiger partial charge >= 0.3 is 0 Å². The van der Waals surface area contributed by atoms with Gasteiger partial charge in [-0.05, 0) is 12.8 Å². The third-order valence-corrected chi connectivity index (χ3v) is 4.53. The lowest BCUT2D eigenvalue weighted by atomic mass is 9.96. The molecule has 24 heavy (non-hydrogen) atoms. The van der Waals surface area contributed by atoms with Gasteiger partial charge in [-0.15, -0.1) is 0 Å². The maximum absolute atomic E-state index is 12.2. The lowest BCUT2D eigenvalue weighted by Crippen LogP contribution is -2.20. The van der Waals surface area contributed by atoms with Gasteiger partial charge < -0.3 is 5.32 Å². The molecule has 5 heteroatoms. The fraction of sp³-hybridized carbons (Fsp3) is 0.421. The van der Waals surface area contributed by atoms with Crippen molar-refractivity contribution in [3.05, 3.63) is 48.2 Å². The molecule has 1 heterocycles. The van der Waals surface area contributed by atoms with E-state index >= 15 is 0 Å². The van der Waals surface area contributed by atoms with E-state index in [2.05, 4.69) is 10.4 Å². The van der Waals surface area contributed by atoms with Crippen molar-refractivity contribution in [2.45, 2.75) is 51.0 Å². The van der Waals surface area contributed by atoms with Gasteiger partial charge in [0.05, 0.1) is 12.2 Å². The SMILES string of the molecule is O=C(CCC(=O)c1ccccc1)Nc1ccnn1C1CCCCC1. The summed E-state index contributed by atoms with van der Waals surface area (Å²) in [5, 5.41) is 7.27. The molecule has 3 rings (SSSR count). The molecule has 0 atom stereocenters. The van der Waals surface area contributed by atoms with Crippen molar-refractivity contribution in [1.82, 2.24) is 9.78 Å². The topological polar surface area (TPSA) is 64.0 Å². The summed E-state index contributed by atoms with van der Waals surface area (Å²) in [6.45, 7) is 0. The maximum atomic E-state index is 12.2. The molecule has 0 spiro atoms. The second-order valence-corrected chi connectivity index (χ2v) is 6.29. The number of anilines is 1. The Morgan fingerprint density at radius 2 is 1.79 bits per heavy atom. The highest BCUT2D eigenvalue weighted by atomic mass is 16.2. The molecule has 1 amide bonds. The average molecular weight is 325 g/mol. The first kappa shape index (κ1) is 16.4. The summed E-state index contributed by atoms with van der Waals surface area (Å²) in [7, 11) is 0. The van der Waals surface area contributed by atoms with E-state index in [1.165, 1.54) is 19.3 Å². The minimum absolute atomic E-state index is 0.00784. The normalized spacial score (nSPS) is 15.2. The van der Waals surface area contributed by atoms with Gasteiger partial charge in [0.1, 0.15) is 5.82 Å². The zero-order valence-corrected chi connectivity index (χ0v) is 13.8. The van der Waals surface area contributed by atoms with Crippen LogP contribution < -0.4 is 5.32 Å². The Balaban J connectivity index is 1.54. The zero-order chi connectivity index (χ0) is 16.8. The molecule has 1 aromatic heterocycles. The van der Waals surface area contributed by atoms with Crippen LogP contribution in [0.2, 0.25) is 0 Å². The van der Waals surface area contributed by atoms with Gasteiger partial charge in [0, 0.05) is 24.5 Å². The van der Waals surface area contributed by atoms with Crippen molar-refractivity contribution in [1.29, 1.82) is 0 Å². The Morgan fingerprint density at radius 3 is 2.54 bits per heavy atom. The third-order valence-electron chi connectivity index (χ3n) is 4.53. The molecule has 2 aromatic rings. The number of aromatic nitrogens is 2. The number of Topliss-reactive ketones (excluding diaryl/α,β-unsaturated/α-hetero) is 1. The lowest BCUT2D eigenvalue weighted by Gasteiger charge is -2.23. The number of amides is 1. The van der Waals surface area contributed by atoms with E-state index in [0.29, 0.717) is 11.6 Å². The Bertz CT molecular complexity index is 688. The first-order valence-corrected chi connectivity index (χ1v) is 8.65. The van der Waals surface area contributed by atoms with Gasteiger partial charge in [-0.25, -0.2) is 4.68 Å². The summed E-state index contributed by atoms with van der Waals surface area (Å²) >= 11 is 0. The van der Waals surface area contributed by atoms with Crippen LogP contribution in [0.15, 0.2) is 42.6 Å². The van der Waals surface area contributed by atoms with E-state index in [9.17, 15) is 9.59 Å². The van der Waals surface area contributed by atoms with Crippen LogP contribution in [0.1, 0.15) is 61.3 Å². The minimum Gasteiger partial charge on any atom is -0.311 e. The first-order chi connectivity index (χ1) is 11.7. The van der Waals surface area contributed by atoms with E-state index in [1.54, 1.807) is 18.3 Å². The number of ketones is 1. The molecule has 1 aliphatic carbocycles. The second-order valence-electron chi connectivity index (χ2n) is 6.29. The van der Waals surface area contributed by atoms with Crippen molar-refractivity contribution >= 4 is 17.5 Å². The first-order valence-electron chi connectivity index (χ1n) is 8.65. The predicted molar refractivity (Wildman–Crippen MR) is 93.0 cm³/mol. The molecule has 1 aromatic carbocycles. The van der Waals surface area contributed by atoms with Crippen LogP contribution in [0.3, 0.4) is 0 Å². The molecule has 1 aliphatic rings. The standard InChI is InChI=1S/C19H23N3O2/c23-17(15-7-3-1-4-8-15)11-12-19(24)21-18-13-14-20-22(18)16-9-5-2-6-10-16/h1,3-4,7-8,13-14,16H,2,5-6,9-12H2,(H,21,24). The number of nitrogens with zero attached hydrogens (tertiary/aromatic N) is 2. The lowest BCUT2D eigenvalue weighted by molar-refractivity contribution is -0.116. The number of rotatable bonds is 6. The van der Waals surface area contributed by atoms with Crippen LogP contribution in [-0.4, -0.2) is 21.5 Å². The van der Waals surface area contributed by atoms with Gasteiger partial charge in [-0.2, -0.15) is 5.10 Å². The van der Waals surface area contributed by atoms with Crippen molar-refractivity contribution < 1.29 is 9.59 Å². The molecule has 0 aliphatic heterocycles. The highest BCUT2D eigenvalue weighted by molar-refractivity contribution is 5.99. The van der Waals surface area contributed by atoms with Crippen LogP contribution in [0, 0.1) is 0 Å². The molecule has 0 bridgehead atoms. The number of hydrogen-bond donors (Lipinski definition) is 1. The average Bonchev–Trinajstić information content (AvgIpc) is 3.09. The molecule has 0 radical (unpaired) electrons. The smallest absolute Gasteiger partial charge is 0.225 e. The minimum atomic E-state index is -0.142. The Labute approximate surface area is 142 Å². The molecule has 1 saturated carbocycles. The second kappa shape index (κ2) is 7.90. The van der Waals surface area contributed by atoms with E-state index in [0.717, 1.165) is 18.7 Å². The summed E-state index contributed by atoms with van der Waals surface area (Å²) in [5.74, 6) is 0.586. The fourth-order valence-corrected chi connectivity index (χ4v) is 3.23. The number of hydrogen-bond acceptors (Lipinski definition) is 3. The molecule has 0 unspecified atom stereocenters. The quantitative estimate of drug-likeness (QED) is 0.817. The molecule has 5 nitrogen and oxygen atoms in total. The highest BCUT2D eigenvalue weighted by Crippen LogP contribution is 2.29. The van der Waals surface area contributed by atoms with Crippen LogP contribution in [0.25, 0.3) is 0 Å². The van der Waals surface area contributed by atoms with Gasteiger partial charge in [-0.1, -0.05) is 49.6 Å². The summed E-state index contributed by atoms with van der Waals surface area (Å²) in [6, 6.07) is 11.3. The molecular formula is C19H23N3O2. The monoisotopic (exact) mass is 325 g/mol. The van der Waals surface area contributed by atoms with Crippen LogP contribution in [0.4, 0.5) is 5.82 Å². The number of carbonyl (C=O) groups excluding carboxylic acids is 2. The molecular weight excluding hydrogens is 302 g/mol. The van der Waals surface area contributed by atoms with Gasteiger partial charge in [0.15, 0.2) is 5.78 Å². The highest BCUT2D eigenvalue weighted by Gasteiger charge is 2.19. The van der Waals surface area contributed by atoms with Crippen LogP contribution in [-0.2, 0) is 4.79 Å². The summed E-state index contributed by atoms with van der Waals surface area (Å²) in [5.41, 5.74) is 0.651. The van der Waals surface area contributed by atoms with Crippen LogP contribution in [0.5, 0.6) is 0 Å². The molecule has 0 saturated heterocycles. The van der Waals surface area contributed by atoms with Crippen molar-refractivity contribution in [2.24, 2.45) is 0 Å². The third kappa shape index (κ3) is 4.10. The fourth-order valence-electron chi connectivity index (χ4n) is 3.23. The largest absolute Gasteiger partial charge is 0.311 e. The van der Waals surface area contributed by atoms with E-state index < -0.39 is 0 Å². The zero-order valence-electron chi connectivity index (χ0n) is 13.8. The van der Waals surface area contributed by atoms with E-state index in [-0.39, 0.29) is 24.5 Å². The maximum Gasteiger partial charge on any atom is 0.225 e.